The minimum Gasteiger partial charge on any atom is -0.384 e. The van der Waals surface area contributed by atoms with Crippen molar-refractivity contribution in [1.29, 1.82) is 0 Å². The van der Waals surface area contributed by atoms with Crippen LogP contribution in [0.3, 0.4) is 0 Å². The van der Waals surface area contributed by atoms with Gasteiger partial charge in [0.15, 0.2) is 0 Å². The molecule has 1 saturated heterocycles. The molecule has 1 unspecified atom stereocenters. The van der Waals surface area contributed by atoms with Crippen LogP contribution in [0.1, 0.15) is 0 Å². The second kappa shape index (κ2) is 5.07. The van der Waals surface area contributed by atoms with Gasteiger partial charge in [-0.05, 0) is 11.9 Å². The molecule has 0 amide bonds. The van der Waals surface area contributed by atoms with Crippen LogP contribution in [0.5, 0.6) is 0 Å². The van der Waals surface area contributed by atoms with E-state index in [0.717, 1.165) is 24.7 Å². The van der Waals surface area contributed by atoms with Gasteiger partial charge in [-0.15, -0.1) is 11.8 Å². The molecule has 0 spiro atoms. The largest absolute Gasteiger partial charge is 0.384 e. The Hall–Kier alpha value is 0.270. The van der Waals surface area contributed by atoms with Crippen molar-refractivity contribution in [3.05, 3.63) is 23.0 Å². The van der Waals surface area contributed by atoms with Crippen molar-refractivity contribution in [1.82, 2.24) is 7.42 Å². The number of allylic oxidation sites excluding steroid dienone is 1. The minimum atomic E-state index is 0.219. The molecule has 1 fully saturated rings. The first-order valence-electron chi connectivity index (χ1n) is 4.59. The van der Waals surface area contributed by atoms with E-state index in [4.69, 9.17) is 11.5 Å². The number of halogens is 1. The van der Waals surface area contributed by atoms with Gasteiger partial charge in [0, 0.05) is 36.0 Å². The van der Waals surface area contributed by atoms with Crippen LogP contribution >= 0.6 is 46.6 Å². The summed E-state index contributed by atoms with van der Waals surface area (Å²) in [7, 11) is 0. The molecule has 2 heterocycles. The van der Waals surface area contributed by atoms with Gasteiger partial charge in [-0.2, -0.15) is 0 Å². The van der Waals surface area contributed by atoms with Gasteiger partial charge in [0.05, 0.1) is 28.2 Å². The summed E-state index contributed by atoms with van der Waals surface area (Å²) in [4.78, 5) is 2.30. The Morgan fingerprint density at radius 3 is 3.00 bits per heavy atom. The lowest BCUT2D eigenvalue weighted by atomic mass is 10.3. The predicted octanol–water partition coefficient (Wildman–Crippen LogP) is 1.28. The van der Waals surface area contributed by atoms with E-state index >= 15 is 0 Å². The highest BCUT2D eigenvalue weighted by Gasteiger charge is 2.20. The first kappa shape index (κ1) is 11.7. The number of nitrogens with two attached hydrogens (primary N) is 2. The van der Waals surface area contributed by atoms with Gasteiger partial charge < -0.3 is 16.4 Å². The van der Waals surface area contributed by atoms with E-state index in [0.29, 0.717) is 0 Å². The standard InChI is InChI=1S/C8H13IN4S2/c9-13-7(10)3-6(5-15-13)12-1-2-14-8(11)4-12/h3,5,8H,1-2,4,10-11H2. The fourth-order valence-corrected chi connectivity index (χ4v) is 3.46. The van der Waals surface area contributed by atoms with Crippen molar-refractivity contribution >= 4 is 46.6 Å². The molecule has 0 aromatic rings. The zero-order chi connectivity index (χ0) is 10.8. The molecule has 7 heteroatoms. The van der Waals surface area contributed by atoms with Crippen LogP contribution in [0.25, 0.3) is 0 Å². The summed E-state index contributed by atoms with van der Waals surface area (Å²) in [6.45, 7) is 1.96. The summed E-state index contributed by atoms with van der Waals surface area (Å²) in [6.07, 6.45) is 2.01. The van der Waals surface area contributed by atoms with Gasteiger partial charge in [-0.25, -0.2) is 2.52 Å². The highest BCUT2D eigenvalue weighted by atomic mass is 127. The second-order valence-corrected chi connectivity index (χ2v) is 7.10. The molecule has 0 aromatic heterocycles. The zero-order valence-electron chi connectivity index (χ0n) is 8.10. The van der Waals surface area contributed by atoms with E-state index in [1.165, 1.54) is 5.70 Å². The van der Waals surface area contributed by atoms with E-state index in [1.54, 1.807) is 11.9 Å². The lowest BCUT2D eigenvalue weighted by Crippen LogP contribution is -2.41. The first-order valence-corrected chi connectivity index (χ1v) is 7.44. The molecule has 4 N–H and O–H groups in total. The number of rotatable bonds is 1. The van der Waals surface area contributed by atoms with Crippen LogP contribution in [0, 0.1) is 0 Å². The molecule has 2 aliphatic heterocycles. The lowest BCUT2D eigenvalue weighted by Gasteiger charge is -2.34. The molecule has 0 radical (unpaired) electrons. The second-order valence-electron chi connectivity index (χ2n) is 3.32. The summed E-state index contributed by atoms with van der Waals surface area (Å²) < 4.78 is 1.92. The van der Waals surface area contributed by atoms with Gasteiger partial charge in [0.25, 0.3) is 0 Å². The van der Waals surface area contributed by atoms with Crippen LogP contribution in [0.4, 0.5) is 0 Å². The molecular formula is C8H13IN4S2. The topological polar surface area (TPSA) is 58.5 Å². The highest BCUT2D eigenvalue weighted by Crippen LogP contribution is 2.30. The third kappa shape index (κ3) is 2.89. The van der Waals surface area contributed by atoms with Crippen LogP contribution < -0.4 is 11.5 Å². The van der Waals surface area contributed by atoms with Gasteiger partial charge in [0.2, 0.25) is 0 Å². The maximum Gasteiger partial charge on any atom is 0.121 e. The molecule has 0 aliphatic carbocycles. The van der Waals surface area contributed by atoms with Crippen molar-refractivity contribution in [2.45, 2.75) is 5.37 Å². The van der Waals surface area contributed by atoms with Crippen molar-refractivity contribution in [3.63, 3.8) is 0 Å². The van der Waals surface area contributed by atoms with Gasteiger partial charge in [-0.3, -0.25) is 0 Å². The summed E-state index contributed by atoms with van der Waals surface area (Å²) >= 11 is 5.61. The average Bonchev–Trinajstić information content (AvgIpc) is 2.22. The van der Waals surface area contributed by atoms with Crippen molar-refractivity contribution in [2.75, 3.05) is 18.8 Å². The molecule has 15 heavy (non-hydrogen) atoms. The molecular weight excluding hydrogens is 343 g/mol. The number of hydrogen-bond acceptors (Lipinski definition) is 6. The zero-order valence-corrected chi connectivity index (χ0v) is 11.9. The van der Waals surface area contributed by atoms with Crippen LogP contribution in [0.15, 0.2) is 23.0 Å². The average molecular weight is 356 g/mol. The Labute approximate surface area is 112 Å². The van der Waals surface area contributed by atoms with Crippen molar-refractivity contribution in [3.8, 4) is 0 Å². The molecule has 2 aliphatic rings. The van der Waals surface area contributed by atoms with Crippen molar-refractivity contribution in [2.24, 2.45) is 11.5 Å². The normalized spacial score (nSPS) is 27.5. The number of hydrogen-bond donors (Lipinski definition) is 2. The molecule has 0 bridgehead atoms. The van der Waals surface area contributed by atoms with Gasteiger partial charge in [-0.1, -0.05) is 0 Å². The van der Waals surface area contributed by atoms with E-state index in [2.05, 4.69) is 33.2 Å². The Kier molecular flexibility index (Phi) is 3.97. The monoisotopic (exact) mass is 356 g/mol. The molecule has 0 aromatic carbocycles. The van der Waals surface area contributed by atoms with E-state index in [-0.39, 0.29) is 5.37 Å². The van der Waals surface area contributed by atoms with Crippen LogP contribution in [-0.4, -0.2) is 31.6 Å². The molecule has 2 rings (SSSR count). The maximum atomic E-state index is 5.92. The third-order valence-electron chi connectivity index (χ3n) is 2.22. The van der Waals surface area contributed by atoms with Crippen molar-refractivity contribution < 1.29 is 0 Å². The molecule has 1 atom stereocenters. The van der Waals surface area contributed by atoms with E-state index < -0.39 is 0 Å². The smallest absolute Gasteiger partial charge is 0.121 e. The Balaban J connectivity index is 2.05. The molecule has 4 nitrogen and oxygen atoms in total. The highest BCUT2D eigenvalue weighted by molar-refractivity contribution is 14.1. The third-order valence-corrected chi connectivity index (χ3v) is 5.20. The fraction of sp³-hybridized carbons (Fsp3) is 0.500. The Morgan fingerprint density at radius 1 is 1.53 bits per heavy atom. The van der Waals surface area contributed by atoms with Gasteiger partial charge in [0.1, 0.15) is 5.82 Å². The lowest BCUT2D eigenvalue weighted by molar-refractivity contribution is 0.366. The van der Waals surface area contributed by atoms with E-state index in [1.807, 2.05) is 20.4 Å². The summed E-state index contributed by atoms with van der Waals surface area (Å²) in [6, 6.07) is 0. The summed E-state index contributed by atoms with van der Waals surface area (Å²) in [5.74, 6) is 1.87. The number of thioether (sulfide) groups is 1. The maximum absolute atomic E-state index is 5.92. The Bertz CT molecular complexity index is 307. The quantitative estimate of drug-likeness (QED) is 0.419. The number of nitrogens with zero attached hydrogens (tertiary/aromatic N) is 2. The summed E-state index contributed by atoms with van der Waals surface area (Å²) in [5.41, 5.74) is 13.0. The van der Waals surface area contributed by atoms with Crippen LogP contribution in [-0.2, 0) is 0 Å². The molecule has 0 saturated carbocycles. The fourth-order valence-electron chi connectivity index (χ4n) is 1.47. The van der Waals surface area contributed by atoms with Crippen LogP contribution in [0.2, 0.25) is 0 Å². The van der Waals surface area contributed by atoms with E-state index in [9.17, 15) is 0 Å². The SMILES string of the molecule is NC1=CC(N2CCSC(N)C2)=CSN1I. The summed E-state index contributed by atoms with van der Waals surface area (Å²) in [5, 5.41) is 2.34. The van der Waals surface area contributed by atoms with Gasteiger partial charge >= 0.3 is 0 Å². The minimum absolute atomic E-state index is 0.219. The Morgan fingerprint density at radius 2 is 2.33 bits per heavy atom. The molecule has 84 valence electrons. The predicted molar refractivity (Wildman–Crippen MR) is 75.8 cm³/mol. The first-order chi connectivity index (χ1) is 7.16.